The van der Waals surface area contributed by atoms with E-state index in [2.05, 4.69) is 5.32 Å². The van der Waals surface area contributed by atoms with Gasteiger partial charge in [0.1, 0.15) is 0 Å². The molecule has 2 rings (SSSR count). The fourth-order valence-corrected chi connectivity index (χ4v) is 3.02. The van der Waals surface area contributed by atoms with Gasteiger partial charge in [-0.1, -0.05) is 26.2 Å². The Bertz CT molecular complexity index is 551. The van der Waals surface area contributed by atoms with Crippen LogP contribution in [0.15, 0.2) is 18.2 Å². The average molecular weight is 328 g/mol. The molecule has 1 aliphatic carbocycles. The molecular formula is C17H23F3N2O. The molecular weight excluding hydrogens is 305 g/mol. The van der Waals surface area contributed by atoms with Gasteiger partial charge in [-0.15, -0.1) is 0 Å². The zero-order valence-corrected chi connectivity index (χ0v) is 13.5. The summed E-state index contributed by atoms with van der Waals surface area (Å²) in [5, 5.41) is 2.61. The lowest BCUT2D eigenvalue weighted by Gasteiger charge is -2.34. The van der Waals surface area contributed by atoms with Crippen LogP contribution in [-0.2, 0) is 11.0 Å². The summed E-state index contributed by atoms with van der Waals surface area (Å²) in [5.41, 5.74) is 0.135. The van der Waals surface area contributed by atoms with E-state index in [9.17, 15) is 18.0 Å². The Kier molecular flexibility index (Phi) is 5.55. The van der Waals surface area contributed by atoms with E-state index in [-0.39, 0.29) is 18.0 Å². The van der Waals surface area contributed by atoms with Crippen molar-refractivity contribution in [3.05, 3.63) is 23.8 Å². The van der Waals surface area contributed by atoms with Crippen molar-refractivity contribution in [2.45, 2.75) is 57.7 Å². The number of carbonyl (C=O) groups is 1. The molecule has 0 unspecified atom stereocenters. The van der Waals surface area contributed by atoms with E-state index in [1.165, 1.54) is 12.5 Å². The number of carbonyl (C=O) groups excluding carboxylic acids is 1. The molecule has 0 saturated heterocycles. The Labute approximate surface area is 134 Å². The molecule has 1 fully saturated rings. The van der Waals surface area contributed by atoms with E-state index in [0.29, 0.717) is 11.7 Å². The van der Waals surface area contributed by atoms with Crippen LogP contribution in [0.4, 0.5) is 24.5 Å². The molecule has 0 bridgehead atoms. The summed E-state index contributed by atoms with van der Waals surface area (Å²) < 4.78 is 38.8. The number of hydrogen-bond acceptors (Lipinski definition) is 2. The molecule has 0 aromatic heterocycles. The van der Waals surface area contributed by atoms with Crippen molar-refractivity contribution in [2.24, 2.45) is 0 Å². The molecule has 3 nitrogen and oxygen atoms in total. The number of rotatable bonds is 4. The lowest BCUT2D eigenvalue weighted by Crippen LogP contribution is -2.34. The number of alkyl halides is 3. The maximum atomic E-state index is 12.9. The van der Waals surface area contributed by atoms with Crippen molar-refractivity contribution >= 4 is 17.3 Å². The van der Waals surface area contributed by atoms with E-state index in [1.807, 2.05) is 11.9 Å². The van der Waals surface area contributed by atoms with Gasteiger partial charge in [0.25, 0.3) is 0 Å². The van der Waals surface area contributed by atoms with Crippen molar-refractivity contribution in [2.75, 3.05) is 17.3 Å². The van der Waals surface area contributed by atoms with Gasteiger partial charge in [0.15, 0.2) is 0 Å². The highest BCUT2D eigenvalue weighted by Gasteiger charge is 2.32. The van der Waals surface area contributed by atoms with Crippen molar-refractivity contribution < 1.29 is 18.0 Å². The minimum atomic E-state index is -4.42. The molecule has 128 valence electrons. The molecule has 0 radical (unpaired) electrons. The standard InChI is InChI=1S/C17H23F3N2O/c1-3-16(23)21-14-11-12(17(18,19)20)9-10-15(14)22(2)13-7-5-4-6-8-13/h9-11,13H,3-8H2,1-2H3,(H,21,23). The first kappa shape index (κ1) is 17.6. The molecule has 6 heteroatoms. The normalized spacial score (nSPS) is 16.2. The van der Waals surface area contributed by atoms with Gasteiger partial charge in [-0.25, -0.2) is 0 Å². The summed E-state index contributed by atoms with van der Waals surface area (Å²) in [6.07, 6.45) is 1.32. The third-order valence-corrected chi connectivity index (χ3v) is 4.42. The zero-order chi connectivity index (χ0) is 17.0. The van der Waals surface area contributed by atoms with E-state index in [0.717, 1.165) is 37.8 Å². The highest BCUT2D eigenvalue weighted by Crippen LogP contribution is 2.37. The molecule has 1 aromatic carbocycles. The first-order valence-electron chi connectivity index (χ1n) is 8.07. The summed E-state index contributed by atoms with van der Waals surface area (Å²) in [4.78, 5) is 13.7. The monoisotopic (exact) mass is 328 g/mol. The Morgan fingerprint density at radius 3 is 2.48 bits per heavy atom. The van der Waals surface area contributed by atoms with Gasteiger partial charge in [0.05, 0.1) is 16.9 Å². The lowest BCUT2D eigenvalue weighted by atomic mass is 9.94. The number of amides is 1. The zero-order valence-electron chi connectivity index (χ0n) is 13.5. The van der Waals surface area contributed by atoms with Crippen molar-refractivity contribution in [1.82, 2.24) is 0 Å². The minimum Gasteiger partial charge on any atom is -0.370 e. The molecule has 0 atom stereocenters. The average Bonchev–Trinajstić information content (AvgIpc) is 2.54. The Morgan fingerprint density at radius 2 is 1.91 bits per heavy atom. The van der Waals surface area contributed by atoms with Crippen LogP contribution in [0, 0.1) is 0 Å². The summed E-state index contributed by atoms with van der Waals surface area (Å²) in [5.74, 6) is -0.289. The smallest absolute Gasteiger partial charge is 0.370 e. The number of nitrogens with zero attached hydrogens (tertiary/aromatic N) is 1. The maximum Gasteiger partial charge on any atom is 0.416 e. The van der Waals surface area contributed by atoms with Gasteiger partial charge in [0, 0.05) is 19.5 Å². The van der Waals surface area contributed by atoms with Gasteiger partial charge in [0.2, 0.25) is 5.91 Å². The molecule has 23 heavy (non-hydrogen) atoms. The van der Waals surface area contributed by atoms with Gasteiger partial charge >= 0.3 is 6.18 Å². The third-order valence-electron chi connectivity index (χ3n) is 4.42. The molecule has 1 amide bonds. The second kappa shape index (κ2) is 7.23. The van der Waals surface area contributed by atoms with E-state index in [4.69, 9.17) is 0 Å². The number of hydrogen-bond donors (Lipinski definition) is 1. The largest absolute Gasteiger partial charge is 0.416 e. The SMILES string of the molecule is CCC(=O)Nc1cc(C(F)(F)F)ccc1N(C)C1CCCCC1. The highest BCUT2D eigenvalue weighted by molar-refractivity contribution is 5.94. The Balaban J connectivity index is 2.34. The van der Waals surface area contributed by atoms with Crippen LogP contribution in [0.2, 0.25) is 0 Å². The molecule has 0 heterocycles. The third kappa shape index (κ3) is 4.39. The summed E-state index contributed by atoms with van der Waals surface area (Å²) in [7, 11) is 1.89. The first-order valence-corrected chi connectivity index (χ1v) is 8.07. The van der Waals surface area contributed by atoms with Gasteiger partial charge in [-0.05, 0) is 31.0 Å². The molecule has 1 saturated carbocycles. The highest BCUT2D eigenvalue weighted by atomic mass is 19.4. The Hall–Kier alpha value is -1.72. The quantitative estimate of drug-likeness (QED) is 0.859. The maximum absolute atomic E-state index is 12.9. The van der Waals surface area contributed by atoms with E-state index in [1.54, 1.807) is 6.92 Å². The molecule has 0 spiro atoms. The molecule has 1 aromatic rings. The van der Waals surface area contributed by atoms with Crippen molar-refractivity contribution in [3.63, 3.8) is 0 Å². The fraction of sp³-hybridized carbons (Fsp3) is 0.588. The van der Waals surface area contributed by atoms with Crippen molar-refractivity contribution in [1.29, 1.82) is 0 Å². The summed E-state index contributed by atoms with van der Waals surface area (Å²) in [6.45, 7) is 1.67. The first-order chi connectivity index (χ1) is 10.8. The van der Waals surface area contributed by atoms with Gasteiger partial charge in [-0.3, -0.25) is 4.79 Å². The van der Waals surface area contributed by atoms with E-state index >= 15 is 0 Å². The number of nitrogens with one attached hydrogen (secondary N) is 1. The second-order valence-electron chi connectivity index (χ2n) is 6.03. The van der Waals surface area contributed by atoms with Crippen molar-refractivity contribution in [3.8, 4) is 0 Å². The molecule has 1 aliphatic rings. The predicted molar refractivity (Wildman–Crippen MR) is 85.6 cm³/mol. The van der Waals surface area contributed by atoms with E-state index < -0.39 is 11.7 Å². The van der Waals surface area contributed by atoms with Crippen LogP contribution >= 0.6 is 0 Å². The van der Waals surface area contributed by atoms with Crippen LogP contribution in [0.1, 0.15) is 51.0 Å². The van der Waals surface area contributed by atoms with Gasteiger partial charge in [-0.2, -0.15) is 13.2 Å². The van der Waals surface area contributed by atoms with Crippen LogP contribution in [-0.4, -0.2) is 19.0 Å². The summed E-state index contributed by atoms with van der Waals surface area (Å²) >= 11 is 0. The topological polar surface area (TPSA) is 32.3 Å². The molecule has 1 N–H and O–H groups in total. The fourth-order valence-electron chi connectivity index (χ4n) is 3.02. The Morgan fingerprint density at radius 1 is 1.26 bits per heavy atom. The van der Waals surface area contributed by atoms with Crippen LogP contribution in [0.3, 0.4) is 0 Å². The van der Waals surface area contributed by atoms with Crippen LogP contribution in [0.5, 0.6) is 0 Å². The second-order valence-corrected chi connectivity index (χ2v) is 6.03. The lowest BCUT2D eigenvalue weighted by molar-refractivity contribution is -0.137. The van der Waals surface area contributed by atoms with Crippen LogP contribution < -0.4 is 10.2 Å². The van der Waals surface area contributed by atoms with Crippen LogP contribution in [0.25, 0.3) is 0 Å². The van der Waals surface area contributed by atoms with Gasteiger partial charge < -0.3 is 10.2 Å². The summed E-state index contributed by atoms with van der Waals surface area (Å²) in [6, 6.07) is 3.87. The predicted octanol–water partition coefficient (Wildman–Crippen LogP) is 4.82. The number of halogens is 3. The minimum absolute atomic E-state index is 0.225. The molecule has 0 aliphatic heterocycles. The number of anilines is 2. The number of benzene rings is 1.